The Morgan fingerprint density at radius 3 is 2.17 bits per heavy atom. The van der Waals surface area contributed by atoms with E-state index in [0.29, 0.717) is 24.5 Å². The van der Waals surface area contributed by atoms with E-state index in [1.54, 1.807) is 24.3 Å². The van der Waals surface area contributed by atoms with Crippen LogP contribution in [0.4, 0.5) is 5.69 Å². The Bertz CT molecular complexity index is 1430. The largest absolute Gasteiger partial charge is 0.493 e. The Labute approximate surface area is 249 Å². The van der Waals surface area contributed by atoms with E-state index in [0.717, 1.165) is 28.3 Å². The second kappa shape index (κ2) is 15.3. The standard InChI is InChI=1S/C32H41N3O6S/c1-6-8-20-33-32(37)28(7-2)34(22-25-12-10-9-11-13-25)31(36)23-35(26-16-19-29(40-4)30(21-26)41-5)42(38,39)27-17-14-24(3)15-18-27/h9-19,21,28H,6-8,20,22-23H2,1-5H3,(H,33,37)/t28-/m1/s1. The summed E-state index contributed by atoms with van der Waals surface area (Å²) in [5, 5.41) is 2.93. The van der Waals surface area contributed by atoms with Crippen LogP contribution < -0.4 is 19.1 Å². The lowest BCUT2D eigenvalue weighted by atomic mass is 10.1. The predicted octanol–water partition coefficient (Wildman–Crippen LogP) is 4.93. The molecule has 3 aromatic carbocycles. The third kappa shape index (κ3) is 8.03. The number of aryl methyl sites for hydroxylation is 1. The van der Waals surface area contributed by atoms with Gasteiger partial charge in [0.05, 0.1) is 24.8 Å². The minimum absolute atomic E-state index is 0.0367. The minimum Gasteiger partial charge on any atom is -0.493 e. The first-order valence-electron chi connectivity index (χ1n) is 14.1. The number of anilines is 1. The molecule has 0 spiro atoms. The lowest BCUT2D eigenvalue weighted by molar-refractivity contribution is -0.140. The lowest BCUT2D eigenvalue weighted by Gasteiger charge is -2.33. The van der Waals surface area contributed by atoms with E-state index in [1.807, 2.05) is 51.1 Å². The van der Waals surface area contributed by atoms with Crippen LogP contribution in [0.25, 0.3) is 0 Å². The third-order valence-corrected chi connectivity index (χ3v) is 8.74. The molecule has 3 aromatic rings. The highest BCUT2D eigenvalue weighted by atomic mass is 32.2. The van der Waals surface area contributed by atoms with Crippen LogP contribution >= 0.6 is 0 Å². The summed E-state index contributed by atoms with van der Waals surface area (Å²) in [5.41, 5.74) is 1.95. The van der Waals surface area contributed by atoms with Crippen molar-refractivity contribution in [3.63, 3.8) is 0 Å². The molecule has 0 radical (unpaired) electrons. The van der Waals surface area contributed by atoms with Gasteiger partial charge in [-0.1, -0.05) is 68.3 Å². The maximum Gasteiger partial charge on any atom is 0.264 e. The van der Waals surface area contributed by atoms with Crippen LogP contribution in [0, 0.1) is 6.92 Å². The van der Waals surface area contributed by atoms with Crippen LogP contribution in [0.2, 0.25) is 0 Å². The fourth-order valence-corrected chi connectivity index (χ4v) is 5.96. The first-order chi connectivity index (χ1) is 20.2. The molecule has 1 atom stereocenters. The Morgan fingerprint density at radius 2 is 1.57 bits per heavy atom. The van der Waals surface area contributed by atoms with Gasteiger partial charge in [0.25, 0.3) is 10.0 Å². The Balaban J connectivity index is 2.08. The second-order valence-electron chi connectivity index (χ2n) is 9.94. The predicted molar refractivity (Wildman–Crippen MR) is 164 cm³/mol. The van der Waals surface area contributed by atoms with Gasteiger partial charge in [-0.2, -0.15) is 0 Å². The monoisotopic (exact) mass is 595 g/mol. The number of sulfonamides is 1. The summed E-state index contributed by atoms with van der Waals surface area (Å²) in [7, 11) is -1.26. The van der Waals surface area contributed by atoms with E-state index in [9.17, 15) is 18.0 Å². The highest BCUT2D eigenvalue weighted by Crippen LogP contribution is 2.34. The Morgan fingerprint density at radius 1 is 0.905 bits per heavy atom. The van der Waals surface area contributed by atoms with E-state index in [2.05, 4.69) is 5.32 Å². The van der Waals surface area contributed by atoms with Crippen LogP contribution in [0.15, 0.2) is 77.7 Å². The van der Waals surface area contributed by atoms with Gasteiger partial charge in [0.1, 0.15) is 12.6 Å². The van der Waals surface area contributed by atoms with Crippen molar-refractivity contribution < 1.29 is 27.5 Å². The summed E-state index contributed by atoms with van der Waals surface area (Å²) in [5.74, 6) is -0.0497. The number of hydrogen-bond donors (Lipinski definition) is 1. The molecule has 42 heavy (non-hydrogen) atoms. The van der Waals surface area contributed by atoms with Crippen molar-refractivity contribution in [1.82, 2.24) is 10.2 Å². The zero-order valence-corrected chi connectivity index (χ0v) is 25.8. The lowest BCUT2D eigenvalue weighted by Crippen LogP contribution is -2.52. The number of methoxy groups -OCH3 is 2. The molecule has 226 valence electrons. The molecule has 0 fully saturated rings. The molecule has 0 unspecified atom stereocenters. The van der Waals surface area contributed by atoms with Gasteiger partial charge in [-0.3, -0.25) is 13.9 Å². The third-order valence-electron chi connectivity index (χ3n) is 6.95. The smallest absolute Gasteiger partial charge is 0.264 e. The summed E-state index contributed by atoms with van der Waals surface area (Å²) in [6, 6.07) is 19.7. The summed E-state index contributed by atoms with van der Waals surface area (Å²) >= 11 is 0. The molecule has 10 heteroatoms. The Hall–Kier alpha value is -4.05. The van der Waals surface area contributed by atoms with Crippen molar-refractivity contribution in [2.45, 2.75) is 57.5 Å². The number of unbranched alkanes of at least 4 members (excludes halogenated alkanes) is 1. The molecule has 9 nitrogen and oxygen atoms in total. The highest BCUT2D eigenvalue weighted by molar-refractivity contribution is 7.92. The molecule has 1 N–H and O–H groups in total. The molecule has 0 saturated heterocycles. The number of benzene rings is 3. The highest BCUT2D eigenvalue weighted by Gasteiger charge is 2.34. The number of rotatable bonds is 15. The number of nitrogens with one attached hydrogen (secondary N) is 1. The average Bonchev–Trinajstić information content (AvgIpc) is 3.00. The van der Waals surface area contributed by atoms with Crippen LogP contribution in [0.5, 0.6) is 11.5 Å². The summed E-state index contributed by atoms with van der Waals surface area (Å²) in [6.07, 6.45) is 2.09. The van der Waals surface area contributed by atoms with E-state index in [4.69, 9.17) is 9.47 Å². The van der Waals surface area contributed by atoms with Crippen LogP contribution in [-0.2, 0) is 26.2 Å². The second-order valence-corrected chi connectivity index (χ2v) is 11.8. The minimum atomic E-state index is -4.20. The van der Waals surface area contributed by atoms with Crippen molar-refractivity contribution in [2.24, 2.45) is 0 Å². The van der Waals surface area contributed by atoms with Crippen LogP contribution in [-0.4, -0.2) is 58.5 Å². The fourth-order valence-electron chi connectivity index (χ4n) is 4.55. The molecule has 0 saturated carbocycles. The molecular weight excluding hydrogens is 554 g/mol. The van der Waals surface area contributed by atoms with E-state index in [-0.39, 0.29) is 23.0 Å². The van der Waals surface area contributed by atoms with Gasteiger partial charge in [0.2, 0.25) is 11.8 Å². The number of hydrogen-bond acceptors (Lipinski definition) is 6. The number of carbonyl (C=O) groups excluding carboxylic acids is 2. The first-order valence-corrected chi connectivity index (χ1v) is 15.5. The van der Waals surface area contributed by atoms with Crippen molar-refractivity contribution >= 4 is 27.5 Å². The van der Waals surface area contributed by atoms with Gasteiger partial charge in [0, 0.05) is 19.2 Å². The SMILES string of the molecule is CCCCNC(=O)[C@@H](CC)N(Cc1ccccc1)C(=O)CN(c1ccc(OC)c(OC)c1)S(=O)(=O)c1ccc(C)cc1. The molecule has 0 aliphatic rings. The van der Waals surface area contributed by atoms with Crippen molar-refractivity contribution in [1.29, 1.82) is 0 Å². The molecule has 0 bridgehead atoms. The van der Waals surface area contributed by atoms with Crippen molar-refractivity contribution in [3.05, 3.63) is 83.9 Å². The van der Waals surface area contributed by atoms with Gasteiger partial charge in [-0.15, -0.1) is 0 Å². The molecule has 0 aromatic heterocycles. The van der Waals surface area contributed by atoms with Gasteiger partial charge in [-0.05, 0) is 49.6 Å². The van der Waals surface area contributed by atoms with E-state index < -0.39 is 28.5 Å². The summed E-state index contributed by atoms with van der Waals surface area (Å²) in [6.45, 7) is 5.85. The van der Waals surface area contributed by atoms with Crippen LogP contribution in [0.1, 0.15) is 44.2 Å². The Kier molecular flexibility index (Phi) is 11.8. The normalized spacial score (nSPS) is 11.8. The molecule has 0 aliphatic heterocycles. The van der Waals surface area contributed by atoms with Gasteiger partial charge in [-0.25, -0.2) is 8.42 Å². The number of amides is 2. The summed E-state index contributed by atoms with van der Waals surface area (Å²) in [4.78, 5) is 28.9. The number of nitrogens with zero attached hydrogens (tertiary/aromatic N) is 2. The molecule has 3 rings (SSSR count). The average molecular weight is 596 g/mol. The van der Waals surface area contributed by atoms with Crippen LogP contribution in [0.3, 0.4) is 0 Å². The van der Waals surface area contributed by atoms with Crippen molar-refractivity contribution in [3.8, 4) is 11.5 Å². The van der Waals surface area contributed by atoms with Gasteiger partial charge >= 0.3 is 0 Å². The van der Waals surface area contributed by atoms with Gasteiger partial charge in [0.15, 0.2) is 11.5 Å². The summed E-state index contributed by atoms with van der Waals surface area (Å²) < 4.78 is 40.0. The zero-order chi connectivity index (χ0) is 30.7. The number of carbonyl (C=O) groups is 2. The van der Waals surface area contributed by atoms with E-state index >= 15 is 0 Å². The molecule has 0 aliphatic carbocycles. The van der Waals surface area contributed by atoms with Gasteiger partial charge < -0.3 is 19.7 Å². The molecular formula is C32H41N3O6S. The first kappa shape index (κ1) is 32.5. The van der Waals surface area contributed by atoms with Crippen molar-refractivity contribution in [2.75, 3.05) is 31.6 Å². The fraction of sp³-hybridized carbons (Fsp3) is 0.375. The quantitative estimate of drug-likeness (QED) is 0.250. The maximum atomic E-state index is 14.2. The molecule has 2 amide bonds. The topological polar surface area (TPSA) is 105 Å². The number of ether oxygens (including phenoxy) is 2. The van der Waals surface area contributed by atoms with E-state index in [1.165, 1.54) is 37.3 Å². The zero-order valence-electron chi connectivity index (χ0n) is 25.0. The molecule has 0 heterocycles. The maximum absolute atomic E-state index is 14.2.